The second-order valence-electron chi connectivity index (χ2n) is 10.5. The van der Waals surface area contributed by atoms with Crippen LogP contribution in [0.5, 0.6) is 0 Å². The van der Waals surface area contributed by atoms with Gasteiger partial charge in [-0.1, -0.05) is 41.5 Å². The molecule has 1 aliphatic heterocycles. The fourth-order valence-electron chi connectivity index (χ4n) is 3.74. The van der Waals surface area contributed by atoms with Crippen molar-refractivity contribution in [2.75, 3.05) is 5.73 Å². The van der Waals surface area contributed by atoms with Crippen LogP contribution in [-0.4, -0.2) is 20.7 Å². The van der Waals surface area contributed by atoms with Gasteiger partial charge in [-0.05, 0) is 41.8 Å². The molecule has 7 heteroatoms. The van der Waals surface area contributed by atoms with Gasteiger partial charge < -0.3 is 16.4 Å². The molecule has 3 heterocycles. The summed E-state index contributed by atoms with van der Waals surface area (Å²) in [5.41, 5.74) is 11.2. The molecule has 0 bridgehead atoms. The van der Waals surface area contributed by atoms with E-state index in [-0.39, 0.29) is 22.8 Å². The van der Waals surface area contributed by atoms with Gasteiger partial charge in [-0.2, -0.15) is 0 Å². The number of aromatic nitrogens is 3. The zero-order valence-electron chi connectivity index (χ0n) is 19.0. The van der Waals surface area contributed by atoms with Gasteiger partial charge in [0.05, 0.1) is 17.1 Å². The van der Waals surface area contributed by atoms with Crippen LogP contribution < -0.4 is 16.4 Å². The van der Waals surface area contributed by atoms with Crippen molar-refractivity contribution in [1.82, 2.24) is 25.2 Å². The van der Waals surface area contributed by atoms with Crippen LogP contribution in [0.3, 0.4) is 0 Å². The summed E-state index contributed by atoms with van der Waals surface area (Å²) < 4.78 is 15.5. The second-order valence-corrected chi connectivity index (χ2v) is 10.5. The molecule has 0 amide bonds. The molecule has 4 rings (SSSR count). The number of rotatable bonds is 3. The Balaban J connectivity index is 1.85. The summed E-state index contributed by atoms with van der Waals surface area (Å²) in [6.45, 7) is 13.7. The fraction of sp³-hybridized carbons (Fsp3) is 0.417. The van der Waals surface area contributed by atoms with Gasteiger partial charge in [0.25, 0.3) is 0 Å². The molecule has 4 N–H and O–H groups in total. The van der Waals surface area contributed by atoms with Crippen LogP contribution in [0, 0.1) is 16.6 Å². The number of hydrogen-bond donors (Lipinski definition) is 3. The number of anilines is 1. The third kappa shape index (κ3) is 4.22. The number of nitrogens with two attached hydrogens (primary N) is 1. The van der Waals surface area contributed by atoms with E-state index < -0.39 is 0 Å². The Bertz CT molecular complexity index is 1150. The normalized spacial score (nSPS) is 17.2. The van der Waals surface area contributed by atoms with E-state index in [1.807, 2.05) is 16.7 Å². The number of imidazole rings is 1. The maximum Gasteiger partial charge on any atom is 0.202 e. The van der Waals surface area contributed by atoms with Crippen molar-refractivity contribution >= 4 is 28.5 Å². The van der Waals surface area contributed by atoms with Crippen molar-refractivity contribution in [2.45, 2.75) is 54.3 Å². The van der Waals surface area contributed by atoms with Crippen LogP contribution in [0.4, 0.5) is 10.3 Å². The highest BCUT2D eigenvalue weighted by atomic mass is 19.1. The Hall–Kier alpha value is -3.09. The first-order chi connectivity index (χ1) is 14.4. The van der Waals surface area contributed by atoms with Crippen molar-refractivity contribution in [3.8, 4) is 0 Å². The summed E-state index contributed by atoms with van der Waals surface area (Å²) in [5.74, 6) is 0.206. The molecule has 0 saturated carbocycles. The average Bonchev–Trinajstić information content (AvgIpc) is 3.23. The van der Waals surface area contributed by atoms with Crippen LogP contribution in [0.2, 0.25) is 0 Å². The quantitative estimate of drug-likeness (QED) is 0.575. The Morgan fingerprint density at radius 2 is 1.58 bits per heavy atom. The van der Waals surface area contributed by atoms with Gasteiger partial charge in [0.1, 0.15) is 17.5 Å². The second kappa shape index (κ2) is 7.25. The Morgan fingerprint density at radius 1 is 0.935 bits per heavy atom. The largest absolute Gasteiger partial charge is 0.369 e. The standard InChI is InChI=1S/C24H31FN6/c1-23(2,3)13-31-20-17(28-22(31)26)12-11-16(27-20)19-18(14-7-9-15(25)10-8-14)29-21(30-19)24(4,5)6/h7-12,21,29-30H,13H2,1-6H3,(H2,26,28). The van der Waals surface area contributed by atoms with E-state index in [2.05, 4.69) is 57.2 Å². The van der Waals surface area contributed by atoms with Gasteiger partial charge in [-0.3, -0.25) is 4.57 Å². The number of nitrogens with one attached hydrogen (secondary N) is 2. The van der Waals surface area contributed by atoms with Gasteiger partial charge in [0.2, 0.25) is 5.95 Å². The molecule has 1 aliphatic rings. The zero-order valence-corrected chi connectivity index (χ0v) is 19.0. The van der Waals surface area contributed by atoms with Crippen molar-refractivity contribution in [3.63, 3.8) is 0 Å². The Labute approximate surface area is 182 Å². The molecule has 6 nitrogen and oxygen atoms in total. The molecule has 0 spiro atoms. The summed E-state index contributed by atoms with van der Waals surface area (Å²) in [7, 11) is 0. The minimum atomic E-state index is -0.259. The van der Waals surface area contributed by atoms with Crippen LogP contribution in [0.25, 0.3) is 22.6 Å². The number of fused-ring (bicyclic) bond motifs is 1. The highest BCUT2D eigenvalue weighted by molar-refractivity contribution is 5.91. The molecule has 0 saturated heterocycles. The lowest BCUT2D eigenvalue weighted by Crippen LogP contribution is -2.44. The Kier molecular flexibility index (Phi) is 4.95. The predicted octanol–water partition coefficient (Wildman–Crippen LogP) is 4.59. The highest BCUT2D eigenvalue weighted by Gasteiger charge is 2.33. The number of nitrogens with zero attached hydrogens (tertiary/aromatic N) is 3. The lowest BCUT2D eigenvalue weighted by molar-refractivity contribution is 0.282. The van der Waals surface area contributed by atoms with Crippen LogP contribution in [0.15, 0.2) is 36.4 Å². The molecular weight excluding hydrogens is 391 g/mol. The van der Waals surface area contributed by atoms with E-state index in [4.69, 9.17) is 10.7 Å². The number of benzene rings is 1. The van der Waals surface area contributed by atoms with Crippen LogP contribution in [-0.2, 0) is 6.54 Å². The predicted molar refractivity (Wildman–Crippen MR) is 124 cm³/mol. The number of nitrogen functional groups attached to an aromatic ring is 1. The summed E-state index contributed by atoms with van der Waals surface area (Å²) in [5, 5.41) is 7.18. The molecular formula is C24H31FN6. The fourth-order valence-corrected chi connectivity index (χ4v) is 3.74. The number of pyridine rings is 1. The first-order valence-corrected chi connectivity index (χ1v) is 10.6. The highest BCUT2D eigenvalue weighted by Crippen LogP contribution is 2.33. The number of hydrogen-bond acceptors (Lipinski definition) is 5. The molecule has 3 aromatic rings. The first kappa shape index (κ1) is 21.2. The maximum absolute atomic E-state index is 13.5. The van der Waals surface area contributed by atoms with E-state index in [0.717, 1.165) is 33.8 Å². The molecule has 1 aromatic carbocycles. The van der Waals surface area contributed by atoms with Gasteiger partial charge in [0.15, 0.2) is 5.65 Å². The zero-order chi connectivity index (χ0) is 22.6. The monoisotopic (exact) mass is 422 g/mol. The molecule has 1 atom stereocenters. The molecule has 2 aromatic heterocycles. The van der Waals surface area contributed by atoms with E-state index in [1.165, 1.54) is 12.1 Å². The minimum Gasteiger partial charge on any atom is -0.369 e. The van der Waals surface area contributed by atoms with E-state index in [0.29, 0.717) is 12.5 Å². The van der Waals surface area contributed by atoms with Gasteiger partial charge in [-0.15, -0.1) is 0 Å². The first-order valence-electron chi connectivity index (χ1n) is 10.6. The van der Waals surface area contributed by atoms with Gasteiger partial charge in [-0.25, -0.2) is 14.4 Å². The van der Waals surface area contributed by atoms with Crippen molar-refractivity contribution in [1.29, 1.82) is 0 Å². The van der Waals surface area contributed by atoms with Crippen molar-refractivity contribution in [3.05, 3.63) is 53.5 Å². The van der Waals surface area contributed by atoms with E-state index >= 15 is 0 Å². The smallest absolute Gasteiger partial charge is 0.202 e. The van der Waals surface area contributed by atoms with E-state index in [1.54, 1.807) is 12.1 Å². The third-order valence-electron chi connectivity index (χ3n) is 5.34. The van der Waals surface area contributed by atoms with Crippen LogP contribution >= 0.6 is 0 Å². The van der Waals surface area contributed by atoms with Crippen molar-refractivity contribution < 1.29 is 4.39 Å². The maximum atomic E-state index is 13.5. The third-order valence-corrected chi connectivity index (χ3v) is 5.34. The molecule has 1 unspecified atom stereocenters. The summed E-state index contributed by atoms with van der Waals surface area (Å²) >= 11 is 0. The lowest BCUT2D eigenvalue weighted by atomic mass is 9.92. The summed E-state index contributed by atoms with van der Waals surface area (Å²) in [6, 6.07) is 10.4. The topological polar surface area (TPSA) is 80.8 Å². The van der Waals surface area contributed by atoms with Gasteiger partial charge in [0, 0.05) is 17.5 Å². The molecule has 31 heavy (non-hydrogen) atoms. The van der Waals surface area contributed by atoms with E-state index in [9.17, 15) is 4.39 Å². The Morgan fingerprint density at radius 3 is 2.19 bits per heavy atom. The SMILES string of the molecule is CC(C)(C)Cn1c(N)nc2ccc(C3=C(c4ccc(F)cc4)NC(C(C)(C)C)N3)nc21. The van der Waals surface area contributed by atoms with Crippen LogP contribution in [0.1, 0.15) is 52.8 Å². The molecule has 164 valence electrons. The summed E-state index contributed by atoms with van der Waals surface area (Å²) in [4.78, 5) is 9.45. The average molecular weight is 423 g/mol. The number of halogens is 1. The molecule has 0 fully saturated rings. The molecule has 0 radical (unpaired) electrons. The van der Waals surface area contributed by atoms with Gasteiger partial charge >= 0.3 is 0 Å². The summed E-state index contributed by atoms with van der Waals surface area (Å²) in [6.07, 6.45) is 0.00426. The lowest BCUT2D eigenvalue weighted by Gasteiger charge is -2.28. The van der Waals surface area contributed by atoms with Crippen molar-refractivity contribution in [2.24, 2.45) is 10.8 Å². The minimum absolute atomic E-state index is 0.00426. The molecule has 0 aliphatic carbocycles.